The molecule has 1 amide bonds. The van der Waals surface area contributed by atoms with Gasteiger partial charge in [-0.15, -0.1) is 0 Å². The van der Waals surface area contributed by atoms with E-state index in [1.807, 2.05) is 12.1 Å². The highest BCUT2D eigenvalue weighted by Crippen LogP contribution is 2.29. The molecular formula is C25H23Cl2N3O2. The monoisotopic (exact) mass is 467 g/mol. The summed E-state index contributed by atoms with van der Waals surface area (Å²) in [6, 6.07) is 19.6. The maximum absolute atomic E-state index is 12.1. The van der Waals surface area contributed by atoms with Crippen molar-refractivity contribution in [2.75, 3.05) is 6.61 Å². The molecule has 0 saturated heterocycles. The van der Waals surface area contributed by atoms with Gasteiger partial charge in [-0.3, -0.25) is 4.79 Å². The van der Waals surface area contributed by atoms with Gasteiger partial charge in [0, 0.05) is 39.8 Å². The fraction of sp³-hybridized carbons (Fsp3) is 0.200. The van der Waals surface area contributed by atoms with Gasteiger partial charge < -0.3 is 9.30 Å². The molecule has 0 bridgehead atoms. The summed E-state index contributed by atoms with van der Waals surface area (Å²) in [4.78, 5) is 12.1. The molecule has 3 aromatic carbocycles. The third-order valence-electron chi connectivity index (χ3n) is 5.22. The molecule has 0 spiro atoms. The second-order valence-electron chi connectivity index (χ2n) is 7.36. The predicted molar refractivity (Wildman–Crippen MR) is 132 cm³/mol. The van der Waals surface area contributed by atoms with E-state index in [-0.39, 0.29) is 5.91 Å². The Hall–Kier alpha value is -3.02. The summed E-state index contributed by atoms with van der Waals surface area (Å²) in [5.41, 5.74) is 5.91. The summed E-state index contributed by atoms with van der Waals surface area (Å²) in [5.74, 6) is 0.380. The molecule has 4 rings (SSSR count). The zero-order valence-electron chi connectivity index (χ0n) is 17.6. The number of nitrogens with one attached hydrogen (secondary N) is 1. The van der Waals surface area contributed by atoms with E-state index in [0.717, 1.165) is 12.1 Å². The molecular weight excluding hydrogens is 445 g/mol. The topological polar surface area (TPSA) is 55.6 Å². The molecule has 1 N–H and O–H groups in total. The number of hydrogen-bond donors (Lipinski definition) is 1. The van der Waals surface area contributed by atoms with Crippen molar-refractivity contribution in [2.24, 2.45) is 5.10 Å². The van der Waals surface area contributed by atoms with Crippen LogP contribution in [0.4, 0.5) is 0 Å². The molecule has 0 saturated carbocycles. The van der Waals surface area contributed by atoms with Crippen molar-refractivity contribution in [2.45, 2.75) is 26.3 Å². The van der Waals surface area contributed by atoms with Crippen molar-refractivity contribution in [3.05, 3.63) is 76.3 Å². The van der Waals surface area contributed by atoms with Crippen LogP contribution in [0.3, 0.4) is 0 Å². The van der Waals surface area contributed by atoms with Crippen molar-refractivity contribution >= 4 is 57.1 Å². The van der Waals surface area contributed by atoms with E-state index < -0.39 is 0 Å². The fourth-order valence-electron chi connectivity index (χ4n) is 3.73. The number of benzene rings is 3. The highest BCUT2D eigenvalue weighted by molar-refractivity contribution is 6.35. The van der Waals surface area contributed by atoms with Crippen molar-refractivity contribution < 1.29 is 9.53 Å². The SMILES string of the molecule is CCn1c2ccccc2c2cc(/C=N\NC(=O)CCCOc3ccc(Cl)cc3Cl)ccc21. The molecule has 0 aliphatic carbocycles. The number of hydrogen-bond acceptors (Lipinski definition) is 3. The molecule has 0 atom stereocenters. The minimum Gasteiger partial charge on any atom is -0.492 e. The van der Waals surface area contributed by atoms with Crippen LogP contribution in [-0.4, -0.2) is 23.3 Å². The van der Waals surface area contributed by atoms with Crippen molar-refractivity contribution in [1.29, 1.82) is 0 Å². The Kier molecular flexibility index (Phi) is 6.98. The van der Waals surface area contributed by atoms with Gasteiger partial charge in [0.15, 0.2) is 0 Å². The van der Waals surface area contributed by atoms with Gasteiger partial charge in [-0.1, -0.05) is 47.5 Å². The number of rotatable bonds is 8. The van der Waals surface area contributed by atoms with Crippen LogP contribution in [0.25, 0.3) is 21.8 Å². The van der Waals surface area contributed by atoms with E-state index in [1.54, 1.807) is 24.4 Å². The lowest BCUT2D eigenvalue weighted by Crippen LogP contribution is -2.18. The number of fused-ring (bicyclic) bond motifs is 3. The standard InChI is InChI=1S/C25H23Cl2N3O2/c1-2-30-22-7-4-3-6-19(22)20-14-17(9-11-23(20)30)16-28-29-25(31)8-5-13-32-24-12-10-18(26)15-21(24)27/h3-4,6-7,9-12,14-16H,2,5,8,13H2,1H3,(H,29,31)/b28-16-. The van der Waals surface area contributed by atoms with Crippen molar-refractivity contribution in [3.63, 3.8) is 0 Å². The molecule has 5 nitrogen and oxygen atoms in total. The number of para-hydroxylation sites is 1. The predicted octanol–water partition coefficient (Wildman–Crippen LogP) is 6.43. The van der Waals surface area contributed by atoms with Crippen LogP contribution >= 0.6 is 23.2 Å². The highest BCUT2D eigenvalue weighted by atomic mass is 35.5. The number of aromatic nitrogens is 1. The van der Waals surface area contributed by atoms with E-state index >= 15 is 0 Å². The maximum Gasteiger partial charge on any atom is 0.240 e. The van der Waals surface area contributed by atoms with Crippen LogP contribution in [0.2, 0.25) is 10.0 Å². The van der Waals surface area contributed by atoms with E-state index in [2.05, 4.69) is 52.3 Å². The van der Waals surface area contributed by atoms with Gasteiger partial charge in [0.1, 0.15) is 5.75 Å². The summed E-state index contributed by atoms with van der Waals surface area (Å²) in [5, 5.41) is 7.50. The van der Waals surface area contributed by atoms with Gasteiger partial charge in [0.2, 0.25) is 5.91 Å². The zero-order chi connectivity index (χ0) is 22.5. The normalized spacial score (nSPS) is 11.5. The average Bonchev–Trinajstić information content (AvgIpc) is 3.11. The van der Waals surface area contributed by atoms with Gasteiger partial charge in [-0.25, -0.2) is 5.43 Å². The molecule has 0 aliphatic rings. The van der Waals surface area contributed by atoms with Gasteiger partial charge in [0.05, 0.1) is 17.8 Å². The van der Waals surface area contributed by atoms with Crippen molar-refractivity contribution in [3.8, 4) is 5.75 Å². The molecule has 164 valence electrons. The largest absolute Gasteiger partial charge is 0.492 e. The summed E-state index contributed by atoms with van der Waals surface area (Å²) in [6.07, 6.45) is 2.51. The van der Waals surface area contributed by atoms with Crippen LogP contribution in [0, 0.1) is 0 Å². The number of aryl methyl sites for hydroxylation is 1. The number of ether oxygens (including phenoxy) is 1. The van der Waals surface area contributed by atoms with Crippen LogP contribution in [0.5, 0.6) is 5.75 Å². The third kappa shape index (κ3) is 4.90. The quantitative estimate of drug-likeness (QED) is 0.184. The second-order valence-corrected chi connectivity index (χ2v) is 8.20. The second kappa shape index (κ2) is 10.1. The lowest BCUT2D eigenvalue weighted by atomic mass is 10.1. The molecule has 4 aromatic rings. The molecule has 0 aliphatic heterocycles. The maximum atomic E-state index is 12.1. The number of hydrazone groups is 1. The Labute approximate surface area is 196 Å². The van der Waals surface area contributed by atoms with Crippen LogP contribution in [0.15, 0.2) is 65.8 Å². The summed E-state index contributed by atoms with van der Waals surface area (Å²) >= 11 is 11.9. The van der Waals surface area contributed by atoms with Crippen molar-refractivity contribution in [1.82, 2.24) is 9.99 Å². The van der Waals surface area contributed by atoms with E-state index in [9.17, 15) is 4.79 Å². The number of carbonyl (C=O) groups excluding carboxylic acids is 1. The zero-order valence-corrected chi connectivity index (χ0v) is 19.2. The van der Waals surface area contributed by atoms with E-state index in [4.69, 9.17) is 27.9 Å². The first-order valence-electron chi connectivity index (χ1n) is 10.5. The van der Waals surface area contributed by atoms with E-state index in [1.165, 1.54) is 21.8 Å². The molecule has 7 heteroatoms. The van der Waals surface area contributed by atoms with Crippen LogP contribution in [-0.2, 0) is 11.3 Å². The first-order chi connectivity index (χ1) is 15.6. The third-order valence-corrected chi connectivity index (χ3v) is 5.75. The molecule has 1 aromatic heterocycles. The minimum atomic E-state index is -0.171. The van der Waals surface area contributed by atoms with Crippen LogP contribution < -0.4 is 10.2 Å². The van der Waals surface area contributed by atoms with Gasteiger partial charge in [-0.2, -0.15) is 5.10 Å². The Morgan fingerprint density at radius 3 is 2.69 bits per heavy atom. The summed E-state index contributed by atoms with van der Waals surface area (Å²) in [7, 11) is 0. The average molecular weight is 468 g/mol. The van der Waals surface area contributed by atoms with E-state index in [0.29, 0.717) is 35.2 Å². The first-order valence-corrected chi connectivity index (χ1v) is 11.2. The minimum absolute atomic E-state index is 0.171. The Bertz CT molecular complexity index is 1300. The molecule has 0 radical (unpaired) electrons. The molecule has 0 unspecified atom stereocenters. The number of halogens is 2. The number of nitrogens with zero attached hydrogens (tertiary/aromatic N) is 2. The number of carbonyl (C=O) groups is 1. The van der Waals surface area contributed by atoms with Crippen LogP contribution in [0.1, 0.15) is 25.3 Å². The Morgan fingerprint density at radius 1 is 1.06 bits per heavy atom. The lowest BCUT2D eigenvalue weighted by Gasteiger charge is -2.07. The smallest absolute Gasteiger partial charge is 0.240 e. The lowest BCUT2D eigenvalue weighted by molar-refractivity contribution is -0.121. The number of amides is 1. The van der Waals surface area contributed by atoms with Gasteiger partial charge in [0.25, 0.3) is 0 Å². The first kappa shape index (κ1) is 22.2. The van der Waals surface area contributed by atoms with Gasteiger partial charge in [-0.05, 0) is 55.3 Å². The molecule has 0 fully saturated rings. The Balaban J connectivity index is 1.32. The Morgan fingerprint density at radius 2 is 1.88 bits per heavy atom. The summed E-state index contributed by atoms with van der Waals surface area (Å²) < 4.78 is 7.89. The van der Waals surface area contributed by atoms with Gasteiger partial charge >= 0.3 is 0 Å². The highest BCUT2D eigenvalue weighted by Gasteiger charge is 2.09. The summed E-state index contributed by atoms with van der Waals surface area (Å²) in [6.45, 7) is 3.42. The molecule has 32 heavy (non-hydrogen) atoms. The fourth-order valence-corrected chi connectivity index (χ4v) is 4.20. The molecule has 1 heterocycles.